The average Bonchev–Trinajstić information content (AvgIpc) is 2.25. The molecule has 0 spiro atoms. The molecule has 0 aliphatic rings. The van der Waals surface area contributed by atoms with Crippen LogP contribution in [0.4, 0.5) is 0 Å². The number of rotatable bonds is 11. The summed E-state index contributed by atoms with van der Waals surface area (Å²) in [5.41, 5.74) is 0. The Hall–Kier alpha value is -0.310. The Morgan fingerprint density at radius 3 is 2.18 bits per heavy atom. The molecule has 0 aromatic rings. The summed E-state index contributed by atoms with van der Waals surface area (Å²) in [5.74, 6) is 2.92. The number of hydrogen-bond acceptors (Lipinski definition) is 3. The summed E-state index contributed by atoms with van der Waals surface area (Å²) in [6.45, 7) is 5.32. The van der Waals surface area contributed by atoms with Gasteiger partial charge in [-0.1, -0.05) is 26.2 Å². The maximum Gasteiger partial charge on any atom is 0.133 e. The minimum Gasteiger partial charge on any atom is -0.300 e. The minimum atomic E-state index is 0.204. The lowest BCUT2D eigenvalue weighted by Gasteiger charge is -2.06. The molecular formula is C14H26O2S. The Bertz CT molecular complexity index is 226. The van der Waals surface area contributed by atoms with Crippen LogP contribution in [0.1, 0.15) is 59.3 Å². The van der Waals surface area contributed by atoms with Crippen molar-refractivity contribution >= 4 is 23.3 Å². The van der Waals surface area contributed by atoms with Gasteiger partial charge in [-0.15, -0.1) is 0 Å². The molecule has 17 heavy (non-hydrogen) atoms. The van der Waals surface area contributed by atoms with Crippen LogP contribution in [0.15, 0.2) is 0 Å². The summed E-state index contributed by atoms with van der Waals surface area (Å²) in [4.78, 5) is 21.7. The maximum atomic E-state index is 11.0. The molecule has 0 aromatic heterocycles. The van der Waals surface area contributed by atoms with Gasteiger partial charge >= 0.3 is 0 Å². The molecule has 0 amide bonds. The average molecular weight is 258 g/mol. The van der Waals surface area contributed by atoms with Gasteiger partial charge in [0.1, 0.15) is 11.6 Å². The highest BCUT2D eigenvalue weighted by Gasteiger charge is 2.06. The summed E-state index contributed by atoms with van der Waals surface area (Å²) in [5, 5.41) is 0. The second kappa shape index (κ2) is 10.8. The van der Waals surface area contributed by atoms with Crippen molar-refractivity contribution in [3.63, 3.8) is 0 Å². The molecule has 1 atom stereocenters. The summed E-state index contributed by atoms with van der Waals surface area (Å²) in [7, 11) is 0. The van der Waals surface area contributed by atoms with Gasteiger partial charge in [-0.25, -0.2) is 0 Å². The van der Waals surface area contributed by atoms with E-state index in [2.05, 4.69) is 0 Å². The van der Waals surface area contributed by atoms with E-state index >= 15 is 0 Å². The molecular weight excluding hydrogens is 232 g/mol. The largest absolute Gasteiger partial charge is 0.300 e. The molecule has 0 aliphatic heterocycles. The van der Waals surface area contributed by atoms with Crippen molar-refractivity contribution in [1.29, 1.82) is 0 Å². The number of unbranched alkanes of at least 4 members (excludes halogenated alkanes) is 4. The van der Waals surface area contributed by atoms with E-state index in [1.807, 2.05) is 18.7 Å². The van der Waals surface area contributed by atoms with Crippen molar-refractivity contribution in [2.45, 2.75) is 59.3 Å². The van der Waals surface area contributed by atoms with E-state index in [0.29, 0.717) is 11.6 Å². The van der Waals surface area contributed by atoms with Crippen molar-refractivity contribution in [2.24, 2.45) is 5.92 Å². The molecule has 3 heteroatoms. The predicted molar refractivity (Wildman–Crippen MR) is 75.6 cm³/mol. The van der Waals surface area contributed by atoms with Gasteiger partial charge in [0, 0.05) is 18.1 Å². The molecule has 0 unspecified atom stereocenters. The van der Waals surface area contributed by atoms with Gasteiger partial charge in [-0.2, -0.15) is 11.8 Å². The molecule has 0 bridgehead atoms. The zero-order valence-corrected chi connectivity index (χ0v) is 12.3. The zero-order valence-electron chi connectivity index (χ0n) is 11.5. The topological polar surface area (TPSA) is 34.1 Å². The monoisotopic (exact) mass is 258 g/mol. The molecule has 0 N–H and O–H groups in total. The van der Waals surface area contributed by atoms with Crippen LogP contribution in [0, 0.1) is 5.92 Å². The number of Topliss-reactive ketones (excluding diaryl/α,β-unsaturated/α-hetero) is 2. The Morgan fingerprint density at radius 2 is 1.59 bits per heavy atom. The lowest BCUT2D eigenvalue weighted by Crippen LogP contribution is -2.09. The normalized spacial score (nSPS) is 12.4. The standard InChI is InChI=1S/C14H26O2S/c1-12(14(3)16)11-17-10-8-6-4-5-7-9-13(2)15/h12H,4-11H2,1-3H3/t12-/m1/s1. The van der Waals surface area contributed by atoms with Gasteiger partial charge in [0.05, 0.1) is 0 Å². The Kier molecular flexibility index (Phi) is 10.6. The van der Waals surface area contributed by atoms with Gasteiger partial charge in [-0.05, 0) is 32.4 Å². The Labute approximate surface area is 110 Å². The predicted octanol–water partition coefficient (Wildman–Crippen LogP) is 3.87. The molecule has 0 fully saturated rings. The van der Waals surface area contributed by atoms with Crippen LogP contribution in [-0.4, -0.2) is 23.1 Å². The van der Waals surface area contributed by atoms with Gasteiger partial charge < -0.3 is 4.79 Å². The first-order chi connectivity index (χ1) is 8.04. The van der Waals surface area contributed by atoms with Gasteiger partial charge in [-0.3, -0.25) is 4.79 Å². The first kappa shape index (κ1) is 16.7. The fourth-order valence-corrected chi connectivity index (χ4v) is 2.65. The van der Waals surface area contributed by atoms with Crippen LogP contribution >= 0.6 is 11.8 Å². The number of hydrogen-bond donors (Lipinski definition) is 0. The molecule has 0 saturated heterocycles. The number of carbonyl (C=O) groups excluding carboxylic acids is 2. The Morgan fingerprint density at radius 1 is 1.00 bits per heavy atom. The first-order valence-corrected chi connectivity index (χ1v) is 7.77. The first-order valence-electron chi connectivity index (χ1n) is 6.61. The SMILES string of the molecule is CC(=O)CCCCCCCSC[C@@H](C)C(C)=O. The van der Waals surface area contributed by atoms with E-state index in [1.54, 1.807) is 13.8 Å². The smallest absolute Gasteiger partial charge is 0.133 e. The van der Waals surface area contributed by atoms with Crippen LogP contribution in [0.25, 0.3) is 0 Å². The zero-order chi connectivity index (χ0) is 13.1. The summed E-state index contributed by atoms with van der Waals surface area (Å²) in [6, 6.07) is 0. The van der Waals surface area contributed by atoms with Crippen LogP contribution in [0.2, 0.25) is 0 Å². The van der Waals surface area contributed by atoms with Gasteiger partial charge in [0.2, 0.25) is 0 Å². The Balaban J connectivity index is 3.14. The highest BCUT2D eigenvalue weighted by molar-refractivity contribution is 7.99. The van der Waals surface area contributed by atoms with Gasteiger partial charge in [0.25, 0.3) is 0 Å². The molecule has 0 rings (SSSR count). The third kappa shape index (κ3) is 11.9. The molecule has 100 valence electrons. The lowest BCUT2D eigenvalue weighted by molar-refractivity contribution is -0.119. The van der Waals surface area contributed by atoms with Crippen LogP contribution < -0.4 is 0 Å². The second-order valence-electron chi connectivity index (χ2n) is 4.81. The molecule has 0 saturated carbocycles. The van der Waals surface area contributed by atoms with E-state index in [9.17, 15) is 9.59 Å². The lowest BCUT2D eigenvalue weighted by atomic mass is 10.1. The fraction of sp³-hybridized carbons (Fsp3) is 0.857. The maximum absolute atomic E-state index is 11.0. The summed E-state index contributed by atoms with van der Waals surface area (Å²) < 4.78 is 0. The third-order valence-corrected chi connectivity index (χ3v) is 4.19. The fourth-order valence-electron chi connectivity index (χ4n) is 1.49. The summed E-state index contributed by atoms with van der Waals surface area (Å²) >= 11 is 1.88. The van der Waals surface area contributed by atoms with Crippen LogP contribution in [0.3, 0.4) is 0 Å². The molecule has 2 nitrogen and oxygen atoms in total. The second-order valence-corrected chi connectivity index (χ2v) is 5.96. The highest BCUT2D eigenvalue weighted by atomic mass is 32.2. The van der Waals surface area contributed by atoms with Crippen LogP contribution in [0.5, 0.6) is 0 Å². The van der Waals surface area contributed by atoms with Gasteiger partial charge in [0.15, 0.2) is 0 Å². The van der Waals surface area contributed by atoms with Crippen LogP contribution in [-0.2, 0) is 9.59 Å². The van der Waals surface area contributed by atoms with E-state index in [4.69, 9.17) is 0 Å². The van der Waals surface area contributed by atoms with E-state index in [-0.39, 0.29) is 5.92 Å². The van der Waals surface area contributed by atoms with Crippen molar-refractivity contribution < 1.29 is 9.59 Å². The van der Waals surface area contributed by atoms with Crippen molar-refractivity contribution in [2.75, 3.05) is 11.5 Å². The molecule has 0 radical (unpaired) electrons. The molecule has 0 aliphatic carbocycles. The highest BCUT2D eigenvalue weighted by Crippen LogP contribution is 2.13. The third-order valence-electron chi connectivity index (χ3n) is 2.88. The summed E-state index contributed by atoms with van der Waals surface area (Å²) in [6.07, 6.45) is 6.67. The molecule has 0 aromatic carbocycles. The minimum absolute atomic E-state index is 0.204. The molecule has 0 heterocycles. The van der Waals surface area contributed by atoms with Crippen molar-refractivity contribution in [3.05, 3.63) is 0 Å². The van der Waals surface area contributed by atoms with Crippen molar-refractivity contribution in [1.82, 2.24) is 0 Å². The number of carbonyl (C=O) groups is 2. The number of ketones is 2. The number of thioether (sulfide) groups is 1. The van der Waals surface area contributed by atoms with Crippen molar-refractivity contribution in [3.8, 4) is 0 Å². The van der Waals surface area contributed by atoms with E-state index in [1.165, 1.54) is 25.7 Å². The van der Waals surface area contributed by atoms with E-state index < -0.39 is 0 Å². The van der Waals surface area contributed by atoms with E-state index in [0.717, 1.165) is 24.3 Å². The quantitative estimate of drug-likeness (QED) is 0.527.